The second-order valence-corrected chi connectivity index (χ2v) is 5.39. The number of nitrogens with one attached hydrogen (secondary N) is 2. The van der Waals surface area contributed by atoms with Crippen molar-refractivity contribution < 1.29 is 4.57 Å². The van der Waals surface area contributed by atoms with Crippen molar-refractivity contribution in [2.75, 3.05) is 0 Å². The minimum atomic E-state index is -0.147. The number of hydrazone groups is 1. The first kappa shape index (κ1) is 14.4. The zero-order chi connectivity index (χ0) is 14.5. The fourth-order valence-corrected chi connectivity index (χ4v) is 2.40. The lowest BCUT2D eigenvalue weighted by Gasteiger charge is -1.99. The first-order valence-corrected chi connectivity index (χ1v) is 7.15. The average molecular weight is 308 g/mol. The molecule has 2 heterocycles. The Morgan fingerprint density at radius 1 is 1.70 bits per heavy atom. The number of rotatable bonds is 4. The molecule has 0 amide bonds. The first-order chi connectivity index (χ1) is 9.60. The molecule has 2 aromatic heterocycles. The summed E-state index contributed by atoms with van der Waals surface area (Å²) in [6.07, 6.45) is 6.27. The van der Waals surface area contributed by atoms with Crippen LogP contribution in [0.4, 0.5) is 0 Å². The van der Waals surface area contributed by atoms with Crippen LogP contribution in [0.25, 0.3) is 5.82 Å². The molecule has 0 bridgehead atoms. The zero-order valence-corrected chi connectivity index (χ0v) is 12.4. The highest BCUT2D eigenvalue weighted by atomic mass is 32.1. The van der Waals surface area contributed by atoms with Gasteiger partial charge < -0.3 is 5.73 Å². The van der Waals surface area contributed by atoms with Gasteiger partial charge in [-0.05, 0) is 41.6 Å². The fraction of sp³-hybridized carbons (Fsp3) is 0.167. The summed E-state index contributed by atoms with van der Waals surface area (Å²) in [6.45, 7) is 2.07. The minimum Gasteiger partial charge on any atom is -0.375 e. The highest BCUT2D eigenvalue weighted by molar-refractivity contribution is 7.80. The van der Waals surface area contributed by atoms with E-state index in [2.05, 4.69) is 34.7 Å². The Morgan fingerprint density at radius 2 is 2.50 bits per heavy atom. The van der Waals surface area contributed by atoms with Gasteiger partial charge in [-0.2, -0.15) is 10.1 Å². The number of thiocarbonyl (C=S) groups is 1. The van der Waals surface area contributed by atoms with Gasteiger partial charge in [-0.3, -0.25) is 5.43 Å². The SMILES string of the molecule is CCc1ccc[n+](-c2[nH]c(=O)sc2/C=N/NC(N)=S)c1. The normalized spacial score (nSPS) is 10.8. The van der Waals surface area contributed by atoms with Crippen LogP contribution < -0.4 is 20.6 Å². The molecule has 2 aromatic rings. The molecule has 0 atom stereocenters. The molecule has 0 aliphatic rings. The van der Waals surface area contributed by atoms with Gasteiger partial charge in [0, 0.05) is 0 Å². The summed E-state index contributed by atoms with van der Waals surface area (Å²) in [7, 11) is 0. The summed E-state index contributed by atoms with van der Waals surface area (Å²) < 4.78 is 1.86. The number of hydrogen-bond donors (Lipinski definition) is 3. The smallest absolute Gasteiger partial charge is 0.375 e. The van der Waals surface area contributed by atoms with Crippen LogP contribution in [0.2, 0.25) is 0 Å². The molecule has 0 saturated carbocycles. The van der Waals surface area contributed by atoms with Crippen LogP contribution in [0.3, 0.4) is 0 Å². The molecule has 0 aliphatic heterocycles. The standard InChI is InChI=1S/C12H13N5OS2/c1-2-8-4-3-5-17(7-8)10-9(20-12(18)15-10)6-14-16-11(13)19/h3-7H,2H2,1H3,(H3-,13,14,15,16,18,19)/p+1. The van der Waals surface area contributed by atoms with Gasteiger partial charge in [0.2, 0.25) is 0 Å². The molecule has 2 rings (SSSR count). The quantitative estimate of drug-likeness (QED) is 0.331. The highest BCUT2D eigenvalue weighted by Gasteiger charge is 2.16. The van der Waals surface area contributed by atoms with Gasteiger partial charge in [0.25, 0.3) is 0 Å². The van der Waals surface area contributed by atoms with Crippen LogP contribution in [0.5, 0.6) is 0 Å². The number of H-pyrrole nitrogens is 1. The largest absolute Gasteiger partial charge is 0.390 e. The van der Waals surface area contributed by atoms with Crippen molar-refractivity contribution in [2.24, 2.45) is 10.8 Å². The van der Waals surface area contributed by atoms with E-state index < -0.39 is 0 Å². The molecular weight excluding hydrogens is 294 g/mol. The van der Waals surface area contributed by atoms with Crippen LogP contribution in [0, 0.1) is 0 Å². The van der Waals surface area contributed by atoms with Crippen LogP contribution in [-0.4, -0.2) is 16.3 Å². The maximum Gasteiger partial charge on any atom is 0.390 e. The Kier molecular flexibility index (Phi) is 4.59. The Morgan fingerprint density at radius 3 is 3.20 bits per heavy atom. The average Bonchev–Trinajstić information content (AvgIpc) is 2.79. The lowest BCUT2D eigenvalue weighted by molar-refractivity contribution is -0.599. The summed E-state index contributed by atoms with van der Waals surface area (Å²) in [5.74, 6) is 0.670. The summed E-state index contributed by atoms with van der Waals surface area (Å²) >= 11 is 5.73. The molecule has 6 nitrogen and oxygen atoms in total. The topological polar surface area (TPSA) is 87.1 Å². The molecule has 8 heteroatoms. The molecule has 0 aliphatic carbocycles. The number of nitrogens with two attached hydrogens (primary N) is 1. The number of aryl methyl sites for hydroxylation is 1. The van der Waals surface area contributed by atoms with E-state index in [0.29, 0.717) is 10.7 Å². The van der Waals surface area contributed by atoms with E-state index in [0.717, 1.165) is 17.8 Å². The lowest BCUT2D eigenvalue weighted by atomic mass is 10.2. The second-order valence-electron chi connectivity index (χ2n) is 3.93. The van der Waals surface area contributed by atoms with E-state index in [9.17, 15) is 4.79 Å². The van der Waals surface area contributed by atoms with Crippen molar-refractivity contribution in [1.82, 2.24) is 10.4 Å². The number of hydrogen-bond acceptors (Lipinski definition) is 4. The third kappa shape index (κ3) is 3.49. The second kappa shape index (κ2) is 6.40. The van der Waals surface area contributed by atoms with E-state index in [4.69, 9.17) is 5.73 Å². The maximum absolute atomic E-state index is 11.6. The van der Waals surface area contributed by atoms with Crippen molar-refractivity contribution >= 4 is 34.9 Å². The van der Waals surface area contributed by atoms with Crippen molar-refractivity contribution in [3.63, 3.8) is 0 Å². The van der Waals surface area contributed by atoms with Gasteiger partial charge in [0.1, 0.15) is 4.88 Å². The number of aromatic nitrogens is 2. The predicted octanol–water partition coefficient (Wildman–Crippen LogP) is 0.443. The molecule has 4 N–H and O–H groups in total. The predicted molar refractivity (Wildman–Crippen MR) is 83.4 cm³/mol. The summed E-state index contributed by atoms with van der Waals surface area (Å²) in [4.78, 5) is 14.9. The van der Waals surface area contributed by atoms with Crippen molar-refractivity contribution in [3.8, 4) is 5.82 Å². The van der Waals surface area contributed by atoms with Gasteiger partial charge in [-0.25, -0.2) is 9.36 Å². The molecule has 0 radical (unpaired) electrons. The van der Waals surface area contributed by atoms with Crippen molar-refractivity contribution in [3.05, 3.63) is 44.6 Å². The minimum absolute atomic E-state index is 0.0753. The van der Waals surface area contributed by atoms with E-state index in [1.54, 1.807) is 0 Å². The molecule has 0 aromatic carbocycles. The lowest BCUT2D eigenvalue weighted by Crippen LogP contribution is -2.32. The fourth-order valence-electron chi connectivity index (χ4n) is 1.64. The number of thiazole rings is 1. The van der Waals surface area contributed by atoms with Crippen LogP contribution >= 0.6 is 23.6 Å². The molecule has 0 fully saturated rings. The highest BCUT2D eigenvalue weighted by Crippen LogP contribution is 2.07. The Bertz CT molecular complexity index is 704. The molecule has 0 spiro atoms. The summed E-state index contributed by atoms with van der Waals surface area (Å²) in [5.41, 5.74) is 8.92. The molecule has 0 saturated heterocycles. The summed E-state index contributed by atoms with van der Waals surface area (Å²) in [6, 6.07) is 3.96. The molecule has 20 heavy (non-hydrogen) atoms. The van der Waals surface area contributed by atoms with E-state index >= 15 is 0 Å². The van der Waals surface area contributed by atoms with Gasteiger partial charge in [-0.15, -0.1) is 0 Å². The van der Waals surface area contributed by atoms with E-state index in [1.807, 2.05) is 29.1 Å². The van der Waals surface area contributed by atoms with Gasteiger partial charge in [0.05, 0.1) is 18.6 Å². The third-order valence-corrected chi connectivity index (χ3v) is 3.44. The van der Waals surface area contributed by atoms with Crippen molar-refractivity contribution in [1.29, 1.82) is 0 Å². The van der Waals surface area contributed by atoms with Gasteiger partial charge in [0.15, 0.2) is 5.11 Å². The monoisotopic (exact) mass is 308 g/mol. The van der Waals surface area contributed by atoms with Gasteiger partial charge >= 0.3 is 10.7 Å². The number of pyridine rings is 1. The Balaban J connectivity index is 2.38. The van der Waals surface area contributed by atoms with Crippen LogP contribution in [-0.2, 0) is 6.42 Å². The number of aromatic amines is 1. The van der Waals surface area contributed by atoms with Crippen LogP contribution in [0.15, 0.2) is 34.4 Å². The number of nitrogens with zero attached hydrogens (tertiary/aromatic N) is 2. The van der Waals surface area contributed by atoms with Gasteiger partial charge in [-0.1, -0.05) is 13.0 Å². The Hall–Kier alpha value is -2.06. The van der Waals surface area contributed by atoms with E-state index in [1.165, 1.54) is 11.8 Å². The third-order valence-electron chi connectivity index (χ3n) is 2.54. The molecule has 104 valence electrons. The van der Waals surface area contributed by atoms with E-state index in [-0.39, 0.29) is 9.99 Å². The van der Waals surface area contributed by atoms with Crippen molar-refractivity contribution in [2.45, 2.75) is 13.3 Å². The molecular formula is C12H14N5OS2+. The first-order valence-electron chi connectivity index (χ1n) is 5.92. The maximum atomic E-state index is 11.6. The van der Waals surface area contributed by atoms with Crippen LogP contribution in [0.1, 0.15) is 17.4 Å². The molecule has 0 unspecified atom stereocenters. The Labute approximate surface area is 125 Å². The zero-order valence-electron chi connectivity index (χ0n) is 10.8. The summed E-state index contributed by atoms with van der Waals surface area (Å²) in [5, 5.41) is 3.96.